The van der Waals surface area contributed by atoms with E-state index in [1.54, 1.807) is 7.11 Å². The van der Waals surface area contributed by atoms with Crippen LogP contribution in [0, 0.1) is 5.92 Å². The van der Waals surface area contributed by atoms with Crippen LogP contribution < -0.4 is 5.32 Å². The monoisotopic (exact) mass is 395 g/mol. The molecule has 28 heavy (non-hydrogen) atoms. The highest BCUT2D eigenvalue weighted by molar-refractivity contribution is 5.78. The summed E-state index contributed by atoms with van der Waals surface area (Å²) in [5.41, 5.74) is 0.693. The van der Waals surface area contributed by atoms with E-state index in [-0.39, 0.29) is 60.3 Å². The number of nitrogens with one attached hydrogen (secondary N) is 1. The third kappa shape index (κ3) is 4.48. The van der Waals surface area contributed by atoms with E-state index in [9.17, 15) is 9.59 Å². The summed E-state index contributed by atoms with van der Waals surface area (Å²) in [7, 11) is 1.66. The van der Waals surface area contributed by atoms with Crippen LogP contribution in [-0.2, 0) is 28.5 Å². The number of carbonyl (C=O) groups is 2. The van der Waals surface area contributed by atoms with Crippen molar-refractivity contribution in [2.45, 2.75) is 76.5 Å². The molecule has 6 atom stereocenters. The van der Waals surface area contributed by atoms with Gasteiger partial charge in [-0.15, -0.1) is 0 Å². The highest BCUT2D eigenvalue weighted by Crippen LogP contribution is 2.59. The van der Waals surface area contributed by atoms with Crippen molar-refractivity contribution >= 4 is 11.8 Å². The summed E-state index contributed by atoms with van der Waals surface area (Å²) in [5, 5.41) is 2.80. The first kappa shape index (κ1) is 21.4. The van der Waals surface area contributed by atoms with Gasteiger partial charge >= 0.3 is 5.97 Å². The highest BCUT2D eigenvalue weighted by Gasteiger charge is 2.72. The molecule has 1 saturated carbocycles. The molecule has 1 spiro atoms. The summed E-state index contributed by atoms with van der Waals surface area (Å²) < 4.78 is 23.6. The van der Waals surface area contributed by atoms with Crippen LogP contribution in [0.25, 0.3) is 0 Å². The molecule has 0 bridgehead atoms. The minimum atomic E-state index is -0.373. The van der Waals surface area contributed by atoms with Crippen molar-refractivity contribution in [1.29, 1.82) is 0 Å². The Labute approximate surface area is 167 Å². The first-order valence-corrected chi connectivity index (χ1v) is 10.1. The Morgan fingerprint density at radius 3 is 2.54 bits per heavy atom. The minimum Gasteiger partial charge on any atom is -0.459 e. The van der Waals surface area contributed by atoms with Crippen molar-refractivity contribution < 1.29 is 28.5 Å². The van der Waals surface area contributed by atoms with Gasteiger partial charge in [0.1, 0.15) is 29.2 Å². The molecular formula is C21H33NO6. The van der Waals surface area contributed by atoms with Crippen molar-refractivity contribution in [2.75, 3.05) is 26.8 Å². The van der Waals surface area contributed by atoms with E-state index < -0.39 is 0 Å². The molecule has 3 fully saturated rings. The Kier molecular flexibility index (Phi) is 6.29. The van der Waals surface area contributed by atoms with Crippen molar-refractivity contribution in [3.05, 3.63) is 11.6 Å². The summed E-state index contributed by atoms with van der Waals surface area (Å²) >= 11 is 0. The van der Waals surface area contributed by atoms with E-state index >= 15 is 0 Å². The quantitative estimate of drug-likeness (QED) is 0.362. The first-order valence-electron chi connectivity index (χ1n) is 10.1. The number of esters is 1. The summed E-state index contributed by atoms with van der Waals surface area (Å²) in [4.78, 5) is 23.2. The van der Waals surface area contributed by atoms with Gasteiger partial charge in [0.15, 0.2) is 0 Å². The molecule has 0 aromatic rings. The molecule has 0 radical (unpaired) electrons. The molecule has 2 saturated heterocycles. The van der Waals surface area contributed by atoms with Crippen LogP contribution in [0.2, 0.25) is 0 Å². The molecule has 0 aromatic heterocycles. The smallest absolute Gasteiger partial charge is 0.320 e. The lowest BCUT2D eigenvalue weighted by Gasteiger charge is -2.42. The van der Waals surface area contributed by atoms with Gasteiger partial charge in [0.2, 0.25) is 0 Å². The Morgan fingerprint density at radius 1 is 1.25 bits per heavy atom. The van der Waals surface area contributed by atoms with Crippen LogP contribution in [0.3, 0.4) is 0 Å². The van der Waals surface area contributed by atoms with Crippen LogP contribution in [0.15, 0.2) is 11.6 Å². The topological polar surface area (TPSA) is 89.7 Å². The molecule has 6 unspecified atom stereocenters. The fraction of sp³-hybridized carbons (Fsp3) is 0.810. The first-order chi connectivity index (χ1) is 13.2. The number of ether oxygens (including phenoxy) is 4. The largest absolute Gasteiger partial charge is 0.459 e. The molecule has 7 heteroatoms. The minimum absolute atomic E-state index is 0.00971. The summed E-state index contributed by atoms with van der Waals surface area (Å²) in [6.45, 7) is 8.63. The second-order valence-electron chi connectivity index (χ2n) is 8.71. The van der Waals surface area contributed by atoms with E-state index in [0.29, 0.717) is 13.0 Å². The van der Waals surface area contributed by atoms with E-state index in [1.807, 2.05) is 0 Å². The van der Waals surface area contributed by atoms with Gasteiger partial charge in [-0.3, -0.25) is 9.59 Å². The number of methoxy groups -OCH3 is 1. The molecule has 7 nitrogen and oxygen atoms in total. The molecule has 1 aliphatic carbocycles. The van der Waals surface area contributed by atoms with Crippen LogP contribution in [0.4, 0.5) is 0 Å². The van der Waals surface area contributed by atoms with E-state index in [4.69, 9.17) is 18.9 Å². The molecule has 3 rings (SSSR count). The number of carbonyl (C=O) groups excluding carboxylic acids is 2. The Bertz CT molecular complexity index is 639. The predicted octanol–water partition coefficient (Wildman–Crippen LogP) is 1.78. The lowest BCUT2D eigenvalue weighted by Crippen LogP contribution is -2.56. The molecule has 1 N–H and O–H groups in total. The van der Waals surface area contributed by atoms with Crippen molar-refractivity contribution in [1.82, 2.24) is 5.32 Å². The van der Waals surface area contributed by atoms with Crippen molar-refractivity contribution in [3.8, 4) is 0 Å². The molecule has 3 aliphatic rings. The second kappa shape index (κ2) is 8.22. The average molecular weight is 395 g/mol. The number of rotatable bonds is 9. The summed E-state index contributed by atoms with van der Waals surface area (Å²) in [6.07, 6.45) is 4.07. The maximum Gasteiger partial charge on any atom is 0.320 e. The van der Waals surface area contributed by atoms with E-state index in [1.165, 1.54) is 12.5 Å². The molecule has 2 heterocycles. The summed E-state index contributed by atoms with van der Waals surface area (Å²) in [5.74, 6) is -0.380. The zero-order valence-electron chi connectivity index (χ0n) is 17.6. The van der Waals surface area contributed by atoms with Crippen molar-refractivity contribution in [3.63, 3.8) is 0 Å². The standard InChI is InChI=1S/C21H33NO6/c1-13(2)6-7-16-20(4,28-16)19-18(25-5)15(8-9-21(19)12-26-21)27-17(24)11-22-10-14(3)23/h6,15-16,18-19,22H,7-12H2,1-5H3. The third-order valence-corrected chi connectivity index (χ3v) is 6.16. The predicted molar refractivity (Wildman–Crippen MR) is 103 cm³/mol. The highest BCUT2D eigenvalue weighted by atomic mass is 16.6. The van der Waals surface area contributed by atoms with Gasteiger partial charge in [0.05, 0.1) is 31.7 Å². The van der Waals surface area contributed by atoms with Gasteiger partial charge in [-0.25, -0.2) is 0 Å². The third-order valence-electron chi connectivity index (χ3n) is 6.16. The van der Waals surface area contributed by atoms with Crippen molar-refractivity contribution in [2.24, 2.45) is 5.92 Å². The van der Waals surface area contributed by atoms with Crippen LogP contribution in [0.1, 0.15) is 47.0 Å². The van der Waals surface area contributed by atoms with Gasteiger partial charge in [-0.05, 0) is 47.0 Å². The van der Waals surface area contributed by atoms with E-state index in [2.05, 4.69) is 32.2 Å². The molecule has 0 amide bonds. The number of ketones is 1. The van der Waals surface area contributed by atoms with Gasteiger partial charge in [0.25, 0.3) is 0 Å². The molecule has 158 valence electrons. The van der Waals surface area contributed by atoms with Gasteiger partial charge in [-0.2, -0.15) is 0 Å². The van der Waals surface area contributed by atoms with Crippen LogP contribution >= 0.6 is 0 Å². The number of hydrogen-bond donors (Lipinski definition) is 1. The molecule has 0 aromatic carbocycles. The zero-order valence-corrected chi connectivity index (χ0v) is 17.6. The van der Waals surface area contributed by atoms with Gasteiger partial charge < -0.3 is 24.3 Å². The average Bonchev–Trinajstić information content (AvgIpc) is 3.52. The zero-order chi connectivity index (χ0) is 20.5. The Morgan fingerprint density at radius 2 is 1.96 bits per heavy atom. The fourth-order valence-corrected chi connectivity index (χ4v) is 4.62. The van der Waals surface area contributed by atoms with Crippen LogP contribution in [0.5, 0.6) is 0 Å². The molecule has 2 aliphatic heterocycles. The fourth-order valence-electron chi connectivity index (χ4n) is 4.62. The maximum atomic E-state index is 12.2. The van der Waals surface area contributed by atoms with Gasteiger partial charge in [0, 0.05) is 7.11 Å². The number of allylic oxidation sites excluding steroid dienone is 1. The lowest BCUT2D eigenvalue weighted by molar-refractivity contribution is -0.170. The van der Waals surface area contributed by atoms with Gasteiger partial charge in [-0.1, -0.05) is 11.6 Å². The Hall–Kier alpha value is -1.28. The SMILES string of the molecule is COC1C(OC(=O)CNCC(C)=O)CCC2(CO2)C1C1(C)OC1CC=C(C)C. The summed E-state index contributed by atoms with van der Waals surface area (Å²) in [6, 6.07) is 0. The number of Topliss-reactive ketones (excluding diaryl/α,β-unsaturated/α-hetero) is 1. The normalized spacial score (nSPS) is 38.8. The lowest BCUT2D eigenvalue weighted by atomic mass is 9.68. The Balaban J connectivity index is 1.66. The number of hydrogen-bond acceptors (Lipinski definition) is 7. The van der Waals surface area contributed by atoms with E-state index in [0.717, 1.165) is 12.8 Å². The maximum absolute atomic E-state index is 12.2. The van der Waals surface area contributed by atoms with Crippen LogP contribution in [-0.4, -0.2) is 68.1 Å². The molecular weight excluding hydrogens is 362 g/mol. The second-order valence-corrected chi connectivity index (χ2v) is 8.71. The number of epoxide rings is 2.